The van der Waals surface area contributed by atoms with Crippen LogP contribution in [0.4, 0.5) is 43.9 Å². The maximum atomic E-state index is 14.1. The monoisotopic (exact) mass is 714 g/mol. The third-order valence-corrected chi connectivity index (χ3v) is 8.88. The second-order valence-electron chi connectivity index (χ2n) is 9.01. The maximum absolute atomic E-state index is 14.1. The SMILES string of the molecule is O=S(=O)(On1c(O)c2c(c1O)Cc1c(c(O)n(OS(=O)(=O)c3c(F)c(F)c(F)c(F)c3F)c1O)C2)c1c(F)c(F)c(F)c(F)c1F. The Balaban J connectivity index is 1.54. The zero-order chi connectivity index (χ0) is 34.5. The summed E-state index contributed by atoms with van der Waals surface area (Å²) in [6.07, 6.45) is -1.91. The molecule has 0 saturated carbocycles. The largest absolute Gasteiger partial charge is 0.492 e. The molecule has 0 saturated heterocycles. The number of hydrogen-bond acceptors (Lipinski definition) is 10. The molecule has 4 aromatic rings. The second kappa shape index (κ2) is 10.3. The lowest BCUT2D eigenvalue weighted by atomic mass is 9.90. The van der Waals surface area contributed by atoms with Crippen LogP contribution in [-0.4, -0.2) is 46.7 Å². The van der Waals surface area contributed by atoms with E-state index in [1.165, 1.54) is 0 Å². The van der Waals surface area contributed by atoms with Gasteiger partial charge in [0.15, 0.2) is 56.3 Å². The molecule has 12 nitrogen and oxygen atoms in total. The van der Waals surface area contributed by atoms with Gasteiger partial charge in [-0.3, -0.25) is 8.57 Å². The van der Waals surface area contributed by atoms with E-state index < -0.39 is 156 Å². The van der Waals surface area contributed by atoms with E-state index in [1.807, 2.05) is 0 Å². The number of fused-ring (bicyclic) bond motifs is 2. The molecule has 5 rings (SSSR count). The van der Waals surface area contributed by atoms with Crippen molar-refractivity contribution in [3.05, 3.63) is 80.4 Å². The summed E-state index contributed by atoms with van der Waals surface area (Å²) in [5.74, 6) is -33.7. The summed E-state index contributed by atoms with van der Waals surface area (Å²) in [4.78, 5) is -5.07. The molecule has 4 N–H and O–H groups in total. The smallest absolute Gasteiger partial charge is 0.363 e. The van der Waals surface area contributed by atoms with Crippen molar-refractivity contribution in [2.24, 2.45) is 0 Å². The van der Waals surface area contributed by atoms with E-state index in [4.69, 9.17) is 0 Å². The van der Waals surface area contributed by atoms with Crippen molar-refractivity contribution in [2.75, 3.05) is 0 Å². The van der Waals surface area contributed by atoms with Crippen LogP contribution in [0.25, 0.3) is 0 Å². The molecule has 0 radical (unpaired) electrons. The third-order valence-electron chi connectivity index (χ3n) is 6.47. The minimum absolute atomic E-state index is 0.462. The van der Waals surface area contributed by atoms with Crippen LogP contribution in [0, 0.1) is 58.2 Å². The molecule has 0 bridgehead atoms. The van der Waals surface area contributed by atoms with Crippen molar-refractivity contribution in [3.8, 4) is 23.5 Å². The van der Waals surface area contributed by atoms with Crippen molar-refractivity contribution in [2.45, 2.75) is 22.6 Å². The van der Waals surface area contributed by atoms with E-state index in [9.17, 15) is 81.2 Å². The van der Waals surface area contributed by atoms with Crippen LogP contribution in [-0.2, 0) is 33.1 Å². The Hall–Kier alpha value is -5.00. The lowest BCUT2D eigenvalue weighted by Gasteiger charge is -2.12. The molecule has 1 aliphatic rings. The average molecular weight is 714 g/mol. The van der Waals surface area contributed by atoms with Crippen LogP contribution >= 0.6 is 0 Å². The second-order valence-corrected chi connectivity index (χ2v) is 11.9. The van der Waals surface area contributed by atoms with Gasteiger partial charge in [0.1, 0.15) is 0 Å². The minimum atomic E-state index is -6.10. The highest BCUT2D eigenvalue weighted by molar-refractivity contribution is 7.87. The molecule has 0 fully saturated rings. The molecule has 0 amide bonds. The van der Waals surface area contributed by atoms with Gasteiger partial charge in [-0.2, -0.15) is 16.8 Å². The van der Waals surface area contributed by atoms with Crippen LogP contribution in [0.5, 0.6) is 23.5 Å². The number of halogens is 10. The van der Waals surface area contributed by atoms with E-state index in [1.54, 1.807) is 0 Å². The van der Waals surface area contributed by atoms with Crippen LogP contribution in [0.1, 0.15) is 22.3 Å². The minimum Gasteiger partial charge on any atom is -0.492 e. The summed E-state index contributed by atoms with van der Waals surface area (Å²) in [7, 11) is -12.2. The van der Waals surface area contributed by atoms with Crippen molar-refractivity contribution in [3.63, 3.8) is 0 Å². The molecule has 0 aliphatic heterocycles. The fraction of sp³-hybridized carbons (Fsp3) is 0.0909. The van der Waals surface area contributed by atoms with Crippen molar-refractivity contribution in [1.82, 2.24) is 9.46 Å². The first-order chi connectivity index (χ1) is 21.2. The molecule has 0 unspecified atom stereocenters. The highest BCUT2D eigenvalue weighted by atomic mass is 32.2. The standard InChI is InChI=1S/C22H8F10N2O10S2/c23-7-9(25)13(29)17(14(30)10(7)26)45(39,40)43-33-19(35)3-1-4-6(2-5(3)21(33)37)22(38)34(20(4)36)44-46(41,42)18-15(31)11(27)8(24)12(28)16(18)32/h35-38H,1-2H2. The van der Waals surface area contributed by atoms with Crippen LogP contribution in [0.3, 0.4) is 0 Å². The predicted octanol–water partition coefficient (Wildman–Crippen LogP) is 2.63. The molecular formula is C22H8F10N2O10S2. The van der Waals surface area contributed by atoms with Crippen LogP contribution in [0.2, 0.25) is 0 Å². The van der Waals surface area contributed by atoms with E-state index in [0.717, 1.165) is 0 Å². The van der Waals surface area contributed by atoms with Gasteiger partial charge in [-0.1, -0.05) is 9.46 Å². The predicted molar refractivity (Wildman–Crippen MR) is 121 cm³/mol. The first-order valence-electron chi connectivity index (χ1n) is 11.4. The summed E-state index contributed by atoms with van der Waals surface area (Å²) in [5, 5.41) is 41.9. The normalized spacial score (nSPS) is 13.1. The maximum Gasteiger partial charge on any atom is 0.363 e. The number of aromatic hydroxyl groups is 4. The summed E-state index contributed by atoms with van der Waals surface area (Å²) >= 11 is 0. The van der Waals surface area contributed by atoms with E-state index in [0.29, 0.717) is 0 Å². The van der Waals surface area contributed by atoms with Gasteiger partial charge in [-0.05, 0) is 0 Å². The molecule has 1 aliphatic carbocycles. The van der Waals surface area contributed by atoms with Gasteiger partial charge < -0.3 is 20.4 Å². The fourth-order valence-corrected chi connectivity index (χ4v) is 6.41. The Kier molecular flexibility index (Phi) is 7.23. The molecule has 24 heteroatoms. The van der Waals surface area contributed by atoms with E-state index >= 15 is 0 Å². The Bertz CT molecular complexity index is 1990. The first-order valence-corrected chi connectivity index (χ1v) is 14.2. The van der Waals surface area contributed by atoms with Gasteiger partial charge >= 0.3 is 20.2 Å². The Morgan fingerprint density at radius 2 is 0.609 bits per heavy atom. The van der Waals surface area contributed by atoms with Gasteiger partial charge in [-0.25, -0.2) is 43.9 Å². The fourth-order valence-electron chi connectivity index (χ4n) is 4.35. The Morgan fingerprint density at radius 1 is 0.413 bits per heavy atom. The lowest BCUT2D eigenvalue weighted by molar-refractivity contribution is 0.197. The van der Waals surface area contributed by atoms with E-state index in [-0.39, 0.29) is 0 Å². The highest BCUT2D eigenvalue weighted by Crippen LogP contribution is 2.47. The molecular weight excluding hydrogens is 706 g/mol. The van der Waals surface area contributed by atoms with Crippen molar-refractivity contribution in [1.29, 1.82) is 0 Å². The molecule has 248 valence electrons. The average Bonchev–Trinajstić information content (AvgIpc) is 3.35. The number of hydrogen-bond donors (Lipinski definition) is 4. The first kappa shape index (κ1) is 32.4. The number of aromatic nitrogens is 2. The summed E-state index contributed by atoms with van der Waals surface area (Å²) in [5.41, 5.74) is -2.58. The van der Waals surface area contributed by atoms with Crippen LogP contribution < -0.4 is 8.57 Å². The molecule has 2 heterocycles. The number of nitrogens with zero attached hydrogens (tertiary/aromatic N) is 2. The van der Waals surface area contributed by atoms with Gasteiger partial charge in [0, 0.05) is 35.1 Å². The van der Waals surface area contributed by atoms with Gasteiger partial charge in [0.25, 0.3) is 0 Å². The van der Waals surface area contributed by atoms with Gasteiger partial charge in [0.2, 0.25) is 35.2 Å². The van der Waals surface area contributed by atoms with Crippen molar-refractivity contribution >= 4 is 20.2 Å². The topological polar surface area (TPSA) is 178 Å². The summed E-state index contributed by atoms with van der Waals surface area (Å²) < 4.78 is 195. The molecule has 2 aromatic heterocycles. The van der Waals surface area contributed by atoms with Gasteiger partial charge in [0.05, 0.1) is 0 Å². The zero-order valence-corrected chi connectivity index (χ0v) is 22.8. The van der Waals surface area contributed by atoms with Crippen LogP contribution in [0.15, 0.2) is 9.79 Å². The summed E-state index contributed by atoms with van der Waals surface area (Å²) in [6.45, 7) is 0. The van der Waals surface area contributed by atoms with Crippen molar-refractivity contribution < 1.29 is 89.7 Å². The third kappa shape index (κ3) is 4.41. The highest BCUT2D eigenvalue weighted by Gasteiger charge is 2.41. The Labute approximate surface area is 246 Å². The lowest BCUT2D eigenvalue weighted by Crippen LogP contribution is -2.24. The van der Waals surface area contributed by atoms with Gasteiger partial charge in [-0.15, -0.1) is 0 Å². The quantitative estimate of drug-likeness (QED) is 0.116. The molecule has 46 heavy (non-hydrogen) atoms. The Morgan fingerprint density at radius 3 is 0.826 bits per heavy atom. The summed E-state index contributed by atoms with van der Waals surface area (Å²) in [6, 6.07) is 0. The zero-order valence-electron chi connectivity index (χ0n) is 21.1. The van der Waals surface area contributed by atoms with E-state index in [2.05, 4.69) is 8.57 Å². The molecule has 0 spiro atoms. The number of benzene rings is 2. The molecule has 2 aromatic carbocycles. The molecule has 0 atom stereocenters. The number of rotatable bonds is 6.